The number of hydrogen-bond donors (Lipinski definition) is 0. The van der Waals surface area contributed by atoms with Crippen molar-refractivity contribution in [2.75, 3.05) is 14.2 Å². The summed E-state index contributed by atoms with van der Waals surface area (Å²) in [6.07, 6.45) is 0.735. The average molecular weight is 277 g/mol. The molecule has 0 bridgehead atoms. The van der Waals surface area contributed by atoms with Crippen LogP contribution in [0.1, 0.15) is 16.5 Å². The number of halogens is 1. The molecular weight excluding hydrogens is 260 g/mol. The molecule has 0 heterocycles. The van der Waals surface area contributed by atoms with Crippen LogP contribution < -0.4 is 9.47 Å². The zero-order valence-electron chi connectivity index (χ0n) is 11.1. The van der Waals surface area contributed by atoms with Crippen LogP contribution in [0.25, 0.3) is 0 Å². The summed E-state index contributed by atoms with van der Waals surface area (Å²) >= 11 is 6.50. The highest BCUT2D eigenvalue weighted by atomic mass is 35.5. The van der Waals surface area contributed by atoms with Gasteiger partial charge in [0, 0.05) is 5.56 Å². The number of ether oxygens (including phenoxy) is 2. The summed E-state index contributed by atoms with van der Waals surface area (Å²) in [7, 11) is 3.32. The fraction of sp³-hybridized carbons (Fsp3) is 0.250. The molecule has 3 heteroatoms. The Morgan fingerprint density at radius 2 is 1.79 bits per heavy atom. The van der Waals surface area contributed by atoms with Crippen molar-refractivity contribution in [3.63, 3.8) is 0 Å². The minimum Gasteiger partial charge on any atom is -0.497 e. The van der Waals surface area contributed by atoms with E-state index in [1.54, 1.807) is 14.2 Å². The molecule has 1 atom stereocenters. The fourth-order valence-corrected chi connectivity index (χ4v) is 2.40. The molecule has 0 aliphatic heterocycles. The summed E-state index contributed by atoms with van der Waals surface area (Å²) in [5.74, 6) is 1.67. The molecule has 0 radical (unpaired) electrons. The van der Waals surface area contributed by atoms with Gasteiger partial charge in [0.1, 0.15) is 11.5 Å². The first-order valence-electron chi connectivity index (χ1n) is 6.14. The molecule has 0 aromatic heterocycles. The van der Waals surface area contributed by atoms with E-state index in [0.29, 0.717) is 0 Å². The third-order valence-electron chi connectivity index (χ3n) is 3.03. The van der Waals surface area contributed by atoms with Crippen LogP contribution in [0.2, 0.25) is 0 Å². The SMILES string of the molecule is COc1cccc(CC(Cl)c2ccccc2OC)c1. The molecule has 0 N–H and O–H groups in total. The number of benzene rings is 2. The molecule has 0 saturated carbocycles. The minimum absolute atomic E-state index is 0.122. The quantitative estimate of drug-likeness (QED) is 0.761. The number of alkyl halides is 1. The predicted octanol–water partition coefficient (Wildman–Crippen LogP) is 4.23. The van der Waals surface area contributed by atoms with Gasteiger partial charge in [0.25, 0.3) is 0 Å². The lowest BCUT2D eigenvalue weighted by Gasteiger charge is -2.14. The average Bonchev–Trinajstić information content (AvgIpc) is 2.47. The van der Waals surface area contributed by atoms with E-state index in [-0.39, 0.29) is 5.38 Å². The Kier molecular flexibility index (Phi) is 4.69. The van der Waals surface area contributed by atoms with E-state index < -0.39 is 0 Å². The zero-order chi connectivity index (χ0) is 13.7. The monoisotopic (exact) mass is 276 g/mol. The van der Waals surface area contributed by atoms with Crippen molar-refractivity contribution in [1.82, 2.24) is 0 Å². The summed E-state index contributed by atoms with van der Waals surface area (Å²) in [4.78, 5) is 0. The van der Waals surface area contributed by atoms with Crippen molar-refractivity contribution in [2.45, 2.75) is 11.8 Å². The van der Waals surface area contributed by atoms with Gasteiger partial charge in [-0.3, -0.25) is 0 Å². The van der Waals surface area contributed by atoms with Gasteiger partial charge in [-0.2, -0.15) is 0 Å². The van der Waals surface area contributed by atoms with E-state index in [1.165, 1.54) is 0 Å². The Bertz CT molecular complexity index is 540. The highest BCUT2D eigenvalue weighted by molar-refractivity contribution is 6.21. The molecule has 19 heavy (non-hydrogen) atoms. The molecule has 0 aliphatic rings. The van der Waals surface area contributed by atoms with Crippen molar-refractivity contribution >= 4 is 11.6 Å². The number of hydrogen-bond acceptors (Lipinski definition) is 2. The van der Waals surface area contributed by atoms with Gasteiger partial charge < -0.3 is 9.47 Å². The van der Waals surface area contributed by atoms with Gasteiger partial charge in [-0.25, -0.2) is 0 Å². The minimum atomic E-state index is -0.122. The van der Waals surface area contributed by atoms with Gasteiger partial charge in [-0.05, 0) is 30.2 Å². The van der Waals surface area contributed by atoms with Crippen LogP contribution in [0.3, 0.4) is 0 Å². The van der Waals surface area contributed by atoms with Gasteiger partial charge >= 0.3 is 0 Å². The van der Waals surface area contributed by atoms with Crippen LogP contribution in [0.5, 0.6) is 11.5 Å². The molecular formula is C16H17ClO2. The predicted molar refractivity (Wildman–Crippen MR) is 78.3 cm³/mol. The van der Waals surface area contributed by atoms with Crippen LogP contribution in [-0.2, 0) is 6.42 Å². The summed E-state index contributed by atoms with van der Waals surface area (Å²) in [6.45, 7) is 0. The molecule has 2 aromatic rings. The first-order valence-corrected chi connectivity index (χ1v) is 6.58. The zero-order valence-corrected chi connectivity index (χ0v) is 11.9. The molecule has 0 amide bonds. The first kappa shape index (κ1) is 13.8. The van der Waals surface area contributed by atoms with Crippen LogP contribution >= 0.6 is 11.6 Å². The maximum atomic E-state index is 6.50. The normalized spacial score (nSPS) is 11.9. The molecule has 2 rings (SSSR count). The molecule has 0 aliphatic carbocycles. The molecule has 2 aromatic carbocycles. The highest BCUT2D eigenvalue weighted by Gasteiger charge is 2.13. The molecule has 0 fully saturated rings. The largest absolute Gasteiger partial charge is 0.497 e. The molecule has 0 spiro atoms. The Morgan fingerprint density at radius 3 is 2.53 bits per heavy atom. The first-order chi connectivity index (χ1) is 9.24. The lowest BCUT2D eigenvalue weighted by atomic mass is 10.0. The second-order valence-corrected chi connectivity index (χ2v) is 4.79. The van der Waals surface area contributed by atoms with Crippen molar-refractivity contribution in [3.8, 4) is 11.5 Å². The molecule has 0 saturated heterocycles. The second kappa shape index (κ2) is 6.48. The fourth-order valence-electron chi connectivity index (χ4n) is 2.04. The Labute approximate surface area is 118 Å². The standard InChI is InChI=1S/C16H17ClO2/c1-18-13-7-5-6-12(10-13)11-15(17)14-8-3-4-9-16(14)19-2/h3-10,15H,11H2,1-2H3. The Hall–Kier alpha value is -1.67. The Morgan fingerprint density at radius 1 is 1.00 bits per heavy atom. The van der Waals surface area contributed by atoms with Crippen LogP contribution in [0.15, 0.2) is 48.5 Å². The van der Waals surface area contributed by atoms with Crippen LogP contribution in [0.4, 0.5) is 0 Å². The van der Waals surface area contributed by atoms with Gasteiger partial charge in [0.05, 0.1) is 19.6 Å². The van der Waals surface area contributed by atoms with Crippen molar-refractivity contribution in [3.05, 3.63) is 59.7 Å². The van der Waals surface area contributed by atoms with Gasteiger partial charge in [-0.15, -0.1) is 11.6 Å². The highest BCUT2D eigenvalue weighted by Crippen LogP contribution is 2.32. The van der Waals surface area contributed by atoms with Crippen LogP contribution in [-0.4, -0.2) is 14.2 Å². The van der Waals surface area contributed by atoms with E-state index in [2.05, 4.69) is 0 Å². The summed E-state index contributed by atoms with van der Waals surface area (Å²) in [5.41, 5.74) is 2.15. The maximum Gasteiger partial charge on any atom is 0.123 e. The molecule has 2 nitrogen and oxygen atoms in total. The van der Waals surface area contributed by atoms with Gasteiger partial charge in [-0.1, -0.05) is 30.3 Å². The Balaban J connectivity index is 2.18. The smallest absolute Gasteiger partial charge is 0.123 e. The summed E-state index contributed by atoms with van der Waals surface area (Å²) in [5, 5.41) is -0.122. The molecule has 1 unspecified atom stereocenters. The summed E-state index contributed by atoms with van der Waals surface area (Å²) in [6, 6.07) is 15.8. The van der Waals surface area contributed by atoms with Crippen molar-refractivity contribution in [1.29, 1.82) is 0 Å². The number of para-hydroxylation sites is 1. The van der Waals surface area contributed by atoms with Crippen LogP contribution in [0, 0.1) is 0 Å². The number of rotatable bonds is 5. The van der Waals surface area contributed by atoms with Crippen molar-refractivity contribution in [2.24, 2.45) is 0 Å². The second-order valence-electron chi connectivity index (χ2n) is 4.27. The van der Waals surface area contributed by atoms with E-state index >= 15 is 0 Å². The lowest BCUT2D eigenvalue weighted by molar-refractivity contribution is 0.409. The maximum absolute atomic E-state index is 6.50. The number of methoxy groups -OCH3 is 2. The van der Waals surface area contributed by atoms with E-state index in [4.69, 9.17) is 21.1 Å². The van der Waals surface area contributed by atoms with E-state index in [1.807, 2.05) is 48.5 Å². The third kappa shape index (κ3) is 3.42. The van der Waals surface area contributed by atoms with E-state index in [0.717, 1.165) is 29.0 Å². The summed E-state index contributed by atoms with van der Waals surface area (Å²) < 4.78 is 10.6. The van der Waals surface area contributed by atoms with E-state index in [9.17, 15) is 0 Å². The van der Waals surface area contributed by atoms with Gasteiger partial charge in [0.2, 0.25) is 0 Å². The molecule has 100 valence electrons. The van der Waals surface area contributed by atoms with Gasteiger partial charge in [0.15, 0.2) is 0 Å². The lowest BCUT2D eigenvalue weighted by Crippen LogP contribution is -1.99. The van der Waals surface area contributed by atoms with Crippen molar-refractivity contribution < 1.29 is 9.47 Å². The topological polar surface area (TPSA) is 18.5 Å². The third-order valence-corrected chi connectivity index (χ3v) is 3.41.